The summed E-state index contributed by atoms with van der Waals surface area (Å²) in [5.74, 6) is 1.94. The van der Waals surface area contributed by atoms with Gasteiger partial charge in [-0.15, -0.1) is 0 Å². The minimum atomic E-state index is 0.256. The first-order valence-electron chi connectivity index (χ1n) is 11.2. The van der Waals surface area contributed by atoms with Crippen LogP contribution in [0.2, 0.25) is 0 Å². The molecule has 6 rings (SSSR count). The quantitative estimate of drug-likeness (QED) is 0.247. The molecule has 0 amide bonds. The van der Waals surface area contributed by atoms with E-state index in [0.29, 0.717) is 11.3 Å². The Morgan fingerprint density at radius 3 is 2.53 bits per heavy atom. The summed E-state index contributed by atoms with van der Waals surface area (Å²) in [4.78, 5) is 17.0. The monoisotopic (exact) mass is 586 g/mol. The van der Waals surface area contributed by atoms with E-state index in [1.807, 2.05) is 12.1 Å². The Kier molecular flexibility index (Phi) is 5.95. The molecule has 0 unspecified atom stereocenters. The van der Waals surface area contributed by atoms with Crippen molar-refractivity contribution in [3.63, 3.8) is 0 Å². The summed E-state index contributed by atoms with van der Waals surface area (Å²) in [7, 11) is 0. The number of anilines is 1. The highest BCUT2D eigenvalue weighted by Gasteiger charge is 2.21. The molecule has 0 radical (unpaired) electrons. The summed E-state index contributed by atoms with van der Waals surface area (Å²) < 4.78 is 14.3. The summed E-state index contributed by atoms with van der Waals surface area (Å²) in [6, 6.07) is 12.7. The lowest BCUT2D eigenvalue weighted by atomic mass is 10.1. The molecule has 34 heavy (non-hydrogen) atoms. The summed E-state index contributed by atoms with van der Waals surface area (Å²) >= 11 is 3.91. The Morgan fingerprint density at radius 2 is 1.74 bits per heavy atom. The van der Waals surface area contributed by atoms with Crippen LogP contribution in [0.15, 0.2) is 52.8 Å². The highest BCUT2D eigenvalue weighted by atomic mass is 127. The third-order valence-corrected chi connectivity index (χ3v) is 8.48. The van der Waals surface area contributed by atoms with Crippen LogP contribution >= 0.6 is 34.4 Å². The van der Waals surface area contributed by atoms with Crippen molar-refractivity contribution in [1.29, 1.82) is 0 Å². The van der Waals surface area contributed by atoms with E-state index in [2.05, 4.69) is 66.3 Å². The fourth-order valence-corrected chi connectivity index (χ4v) is 6.17. The third kappa shape index (κ3) is 4.18. The zero-order valence-corrected chi connectivity index (χ0v) is 21.4. The molecule has 4 heterocycles. The lowest BCUT2D eigenvalue weighted by Gasteiger charge is -2.15. The van der Waals surface area contributed by atoms with E-state index in [0.717, 1.165) is 69.8 Å². The predicted molar refractivity (Wildman–Crippen MR) is 139 cm³/mol. The van der Waals surface area contributed by atoms with Gasteiger partial charge in [0.15, 0.2) is 33.6 Å². The van der Waals surface area contributed by atoms with Crippen LogP contribution in [0.5, 0.6) is 11.5 Å². The average Bonchev–Trinajstić information content (AvgIpc) is 3.54. The van der Waals surface area contributed by atoms with Gasteiger partial charge in [-0.25, -0.2) is 15.0 Å². The molecule has 4 aromatic rings. The van der Waals surface area contributed by atoms with E-state index >= 15 is 0 Å². The number of aryl methyl sites for hydroxylation is 1. The van der Waals surface area contributed by atoms with Crippen LogP contribution < -0.4 is 15.2 Å². The number of nitrogens with two attached hydrogens (primary N) is 1. The number of rotatable bonds is 7. The van der Waals surface area contributed by atoms with Gasteiger partial charge in [0.25, 0.3) is 0 Å². The van der Waals surface area contributed by atoms with Gasteiger partial charge in [0.05, 0.1) is 0 Å². The zero-order chi connectivity index (χ0) is 23.1. The smallest absolute Gasteiger partial charge is 0.231 e. The highest BCUT2D eigenvalue weighted by molar-refractivity contribution is 14.1. The molecule has 0 saturated carbocycles. The van der Waals surface area contributed by atoms with Gasteiger partial charge < -0.3 is 19.8 Å². The maximum atomic E-state index is 6.13. The molecule has 2 aromatic carbocycles. The van der Waals surface area contributed by atoms with Crippen molar-refractivity contribution < 1.29 is 9.47 Å². The van der Waals surface area contributed by atoms with Gasteiger partial charge in [0, 0.05) is 28.1 Å². The molecule has 2 aliphatic heterocycles. The Labute approximate surface area is 215 Å². The lowest BCUT2D eigenvalue weighted by molar-refractivity contribution is 0.174. The summed E-state index contributed by atoms with van der Waals surface area (Å²) in [5.41, 5.74) is 10.5. The van der Waals surface area contributed by atoms with Crippen LogP contribution in [-0.4, -0.2) is 37.8 Å². The van der Waals surface area contributed by atoms with Gasteiger partial charge in [-0.3, -0.25) is 4.90 Å². The molecule has 0 atom stereocenters. The summed E-state index contributed by atoms with van der Waals surface area (Å²) in [5, 5.41) is 0.854. The second-order valence-corrected chi connectivity index (χ2v) is 10.6. The molecule has 174 valence electrons. The van der Waals surface area contributed by atoms with Crippen molar-refractivity contribution in [2.45, 2.75) is 42.5 Å². The normalized spacial score (nSPS) is 14.7. The van der Waals surface area contributed by atoms with E-state index in [1.54, 1.807) is 11.8 Å². The van der Waals surface area contributed by atoms with E-state index in [1.165, 1.54) is 17.5 Å². The minimum absolute atomic E-state index is 0.256. The molecule has 0 fully saturated rings. The Bertz CT molecular complexity index is 1350. The number of halogens is 1. The number of unbranched alkanes of at least 4 members (excludes halogenated alkanes) is 1. The van der Waals surface area contributed by atoms with Crippen molar-refractivity contribution >= 4 is 51.3 Å². The SMILES string of the molecule is Nc1ncnc2c1nc(Sc1cc3c(cc1I)OCO3)n2CCCCN1Cc2ccccc2C1. The van der Waals surface area contributed by atoms with Crippen LogP contribution in [0.4, 0.5) is 5.82 Å². The largest absolute Gasteiger partial charge is 0.454 e. The molecule has 0 spiro atoms. The predicted octanol–water partition coefficient (Wildman–Crippen LogP) is 4.69. The molecule has 2 aliphatic rings. The van der Waals surface area contributed by atoms with Crippen molar-refractivity contribution in [3.8, 4) is 11.5 Å². The van der Waals surface area contributed by atoms with Gasteiger partial charge in [0.1, 0.15) is 6.33 Å². The average molecular weight is 586 g/mol. The van der Waals surface area contributed by atoms with Crippen molar-refractivity contribution in [2.75, 3.05) is 19.1 Å². The highest BCUT2D eigenvalue weighted by Crippen LogP contribution is 2.41. The Morgan fingerprint density at radius 1 is 1.00 bits per heavy atom. The first-order valence-corrected chi connectivity index (χ1v) is 13.1. The lowest BCUT2D eigenvalue weighted by Crippen LogP contribution is -2.18. The number of fused-ring (bicyclic) bond motifs is 3. The molecule has 0 saturated heterocycles. The second-order valence-electron chi connectivity index (χ2n) is 8.40. The first-order chi connectivity index (χ1) is 16.7. The number of benzene rings is 2. The number of aromatic nitrogens is 4. The maximum Gasteiger partial charge on any atom is 0.231 e. The van der Waals surface area contributed by atoms with Gasteiger partial charge >= 0.3 is 0 Å². The van der Waals surface area contributed by atoms with Crippen LogP contribution in [-0.2, 0) is 19.6 Å². The maximum absolute atomic E-state index is 6.13. The minimum Gasteiger partial charge on any atom is -0.454 e. The van der Waals surface area contributed by atoms with Crippen molar-refractivity contribution in [1.82, 2.24) is 24.4 Å². The number of ether oxygens (including phenoxy) is 2. The topological polar surface area (TPSA) is 91.3 Å². The van der Waals surface area contributed by atoms with Crippen molar-refractivity contribution in [3.05, 3.63) is 57.4 Å². The van der Waals surface area contributed by atoms with Crippen LogP contribution in [0, 0.1) is 3.57 Å². The van der Waals surface area contributed by atoms with E-state index < -0.39 is 0 Å². The number of nitrogen functional groups attached to an aromatic ring is 1. The van der Waals surface area contributed by atoms with E-state index in [4.69, 9.17) is 20.2 Å². The molecule has 10 heteroatoms. The molecule has 2 N–H and O–H groups in total. The van der Waals surface area contributed by atoms with E-state index in [-0.39, 0.29) is 6.79 Å². The fraction of sp³-hybridized carbons (Fsp3) is 0.292. The van der Waals surface area contributed by atoms with Gasteiger partial charge in [-0.05, 0) is 65.2 Å². The summed E-state index contributed by atoms with van der Waals surface area (Å²) in [6.07, 6.45) is 3.63. The van der Waals surface area contributed by atoms with Gasteiger partial charge in [-0.2, -0.15) is 0 Å². The fourth-order valence-electron chi connectivity index (χ4n) is 4.46. The molecule has 2 aromatic heterocycles. The molecule has 0 aliphatic carbocycles. The number of imidazole rings is 1. The number of nitrogens with zero attached hydrogens (tertiary/aromatic N) is 5. The summed E-state index contributed by atoms with van der Waals surface area (Å²) in [6.45, 7) is 4.22. The number of hydrogen-bond donors (Lipinski definition) is 1. The van der Waals surface area contributed by atoms with Gasteiger partial charge in [-0.1, -0.05) is 36.0 Å². The Hall–Kier alpha value is -2.57. The van der Waals surface area contributed by atoms with Crippen LogP contribution in [0.1, 0.15) is 24.0 Å². The molecular weight excluding hydrogens is 563 g/mol. The standard InChI is InChI=1S/C24H23IN6O2S/c25-17-9-18-19(33-14-32-18)10-20(17)34-24-29-21-22(26)27-13-28-23(21)31(24)8-4-3-7-30-11-15-5-1-2-6-16(15)12-30/h1-2,5-6,9-10,13H,3-4,7-8,11-12,14H2,(H2,26,27,28). The van der Waals surface area contributed by atoms with Crippen LogP contribution in [0.3, 0.4) is 0 Å². The molecule has 0 bridgehead atoms. The van der Waals surface area contributed by atoms with E-state index in [9.17, 15) is 0 Å². The molecular formula is C24H23IN6O2S. The second kappa shape index (κ2) is 9.23. The first kappa shape index (κ1) is 21.9. The number of hydrogen-bond acceptors (Lipinski definition) is 8. The zero-order valence-electron chi connectivity index (χ0n) is 18.4. The van der Waals surface area contributed by atoms with Crippen molar-refractivity contribution in [2.24, 2.45) is 0 Å². The van der Waals surface area contributed by atoms with Crippen LogP contribution in [0.25, 0.3) is 11.2 Å². The van der Waals surface area contributed by atoms with Gasteiger partial charge in [0.2, 0.25) is 6.79 Å². The molecule has 8 nitrogen and oxygen atoms in total. The third-order valence-electron chi connectivity index (χ3n) is 6.17. The Balaban J connectivity index is 1.19.